The fourth-order valence-electron chi connectivity index (χ4n) is 2.20. The van der Waals surface area contributed by atoms with Crippen molar-refractivity contribution in [3.8, 4) is 0 Å². The van der Waals surface area contributed by atoms with Gasteiger partial charge in [0.1, 0.15) is 5.82 Å². The number of halogens is 3. The molecule has 3 rings (SSSR count). The Kier molecular flexibility index (Phi) is 3.13. The molecule has 0 aromatic carbocycles. The highest BCUT2D eigenvalue weighted by atomic mass is 19.4. The van der Waals surface area contributed by atoms with Gasteiger partial charge in [0.05, 0.1) is 12.1 Å². The lowest BCUT2D eigenvalue weighted by Gasteiger charge is -2.12. The van der Waals surface area contributed by atoms with E-state index in [1.807, 2.05) is 0 Å². The molecule has 0 fully saturated rings. The van der Waals surface area contributed by atoms with E-state index in [4.69, 9.17) is 0 Å². The minimum Gasteiger partial charge on any atom is -0.307 e. The summed E-state index contributed by atoms with van der Waals surface area (Å²) >= 11 is 0. The van der Waals surface area contributed by atoms with Crippen LogP contribution in [0.1, 0.15) is 28.5 Å². The number of fused-ring (bicyclic) bond motifs is 1. The number of pyridine rings is 1. The molecule has 0 saturated heterocycles. The Labute approximate surface area is 113 Å². The summed E-state index contributed by atoms with van der Waals surface area (Å²) in [5.74, 6) is 0.151. The topological polar surface area (TPSA) is 50.7 Å². The predicted octanol–water partition coefficient (Wildman–Crippen LogP) is 2.08. The summed E-state index contributed by atoms with van der Waals surface area (Å²) in [6.45, 7) is 0.504. The van der Waals surface area contributed by atoms with Crippen LogP contribution in [-0.4, -0.2) is 15.0 Å². The Hall–Kier alpha value is -2.02. The van der Waals surface area contributed by atoms with E-state index in [2.05, 4.69) is 20.3 Å². The zero-order valence-electron chi connectivity index (χ0n) is 10.4. The van der Waals surface area contributed by atoms with Crippen LogP contribution in [0.25, 0.3) is 0 Å². The maximum absolute atomic E-state index is 13.0. The highest BCUT2D eigenvalue weighted by molar-refractivity contribution is 5.31. The summed E-state index contributed by atoms with van der Waals surface area (Å²) in [7, 11) is 0. The molecule has 1 N–H and O–H groups in total. The van der Waals surface area contributed by atoms with E-state index >= 15 is 0 Å². The Balaban J connectivity index is 2.01. The monoisotopic (exact) mass is 280 g/mol. The lowest BCUT2D eigenvalue weighted by Crippen LogP contribution is -2.16. The molecular formula is C13H11F3N4. The van der Waals surface area contributed by atoms with Gasteiger partial charge in [0.2, 0.25) is 0 Å². The molecule has 1 aliphatic heterocycles. The van der Waals surface area contributed by atoms with E-state index < -0.39 is 11.9 Å². The third-order valence-corrected chi connectivity index (χ3v) is 3.07. The van der Waals surface area contributed by atoms with E-state index in [0.717, 1.165) is 0 Å². The summed E-state index contributed by atoms with van der Waals surface area (Å²) in [6.07, 6.45) is -2.68. The fraction of sp³-hybridized carbons (Fsp3) is 0.308. The minimum absolute atomic E-state index is 0.151. The lowest BCUT2D eigenvalue weighted by atomic mass is 10.1. The zero-order valence-corrected chi connectivity index (χ0v) is 10.4. The first-order valence-electron chi connectivity index (χ1n) is 6.10. The summed E-state index contributed by atoms with van der Waals surface area (Å²) in [4.78, 5) is 12.0. The molecule has 3 heterocycles. The van der Waals surface area contributed by atoms with Gasteiger partial charge in [-0.3, -0.25) is 4.98 Å². The second-order valence-electron chi connectivity index (χ2n) is 4.51. The largest absolute Gasteiger partial charge is 0.433 e. The molecule has 4 nitrogen and oxygen atoms in total. The standard InChI is InChI=1S/C13H11F3N4/c14-13(15,16)12-9-6-17-7-10(9)19-11(20-12)5-8-3-1-2-4-18-8/h1-4,17H,5-7H2. The van der Waals surface area contributed by atoms with Gasteiger partial charge in [-0.2, -0.15) is 13.2 Å². The SMILES string of the molecule is FC(F)(F)c1nc(Cc2ccccn2)nc2c1CNC2. The van der Waals surface area contributed by atoms with Gasteiger partial charge in [0, 0.05) is 30.5 Å². The minimum atomic E-state index is -4.46. The van der Waals surface area contributed by atoms with Gasteiger partial charge in [0.15, 0.2) is 5.69 Å². The quantitative estimate of drug-likeness (QED) is 0.915. The average Bonchev–Trinajstić information content (AvgIpc) is 2.86. The fourth-order valence-corrected chi connectivity index (χ4v) is 2.20. The summed E-state index contributed by atoms with van der Waals surface area (Å²) < 4.78 is 39.1. The van der Waals surface area contributed by atoms with Crippen LogP contribution in [0.3, 0.4) is 0 Å². The highest BCUT2D eigenvalue weighted by Gasteiger charge is 2.38. The summed E-state index contributed by atoms with van der Waals surface area (Å²) in [5.41, 5.74) is 0.394. The van der Waals surface area contributed by atoms with Crippen molar-refractivity contribution in [2.75, 3.05) is 0 Å². The lowest BCUT2D eigenvalue weighted by molar-refractivity contribution is -0.142. The predicted molar refractivity (Wildman–Crippen MR) is 64.6 cm³/mol. The number of rotatable bonds is 2. The van der Waals surface area contributed by atoms with Crippen LogP contribution in [0, 0.1) is 0 Å². The number of nitrogens with zero attached hydrogens (tertiary/aromatic N) is 3. The molecule has 0 amide bonds. The molecule has 2 aromatic rings. The Morgan fingerprint density at radius 3 is 2.70 bits per heavy atom. The maximum atomic E-state index is 13.0. The van der Waals surface area contributed by atoms with E-state index in [0.29, 0.717) is 17.9 Å². The summed E-state index contributed by atoms with van der Waals surface area (Å²) in [6, 6.07) is 5.27. The van der Waals surface area contributed by atoms with Gasteiger partial charge in [-0.15, -0.1) is 0 Å². The maximum Gasteiger partial charge on any atom is 0.433 e. The van der Waals surface area contributed by atoms with Crippen LogP contribution in [0.5, 0.6) is 0 Å². The molecule has 0 bridgehead atoms. The van der Waals surface area contributed by atoms with Crippen molar-refractivity contribution in [2.45, 2.75) is 25.7 Å². The third-order valence-electron chi connectivity index (χ3n) is 3.07. The highest BCUT2D eigenvalue weighted by Crippen LogP contribution is 2.33. The smallest absolute Gasteiger partial charge is 0.307 e. The Morgan fingerprint density at radius 2 is 2.00 bits per heavy atom. The molecule has 2 aromatic heterocycles. The first-order valence-corrected chi connectivity index (χ1v) is 6.10. The third kappa shape index (κ3) is 2.49. The summed E-state index contributed by atoms with van der Waals surface area (Å²) in [5, 5.41) is 2.87. The van der Waals surface area contributed by atoms with Gasteiger partial charge in [-0.25, -0.2) is 9.97 Å². The number of nitrogens with one attached hydrogen (secondary N) is 1. The van der Waals surface area contributed by atoms with Crippen molar-refractivity contribution in [1.82, 2.24) is 20.3 Å². The van der Waals surface area contributed by atoms with Crippen LogP contribution in [0.2, 0.25) is 0 Å². The zero-order chi connectivity index (χ0) is 14.2. The van der Waals surface area contributed by atoms with Crippen LogP contribution in [-0.2, 0) is 25.7 Å². The molecule has 0 aliphatic carbocycles. The first kappa shape index (κ1) is 13.0. The van der Waals surface area contributed by atoms with Crippen molar-refractivity contribution in [1.29, 1.82) is 0 Å². The number of alkyl halides is 3. The van der Waals surface area contributed by atoms with Gasteiger partial charge >= 0.3 is 6.18 Å². The van der Waals surface area contributed by atoms with Crippen LogP contribution in [0.4, 0.5) is 13.2 Å². The number of hydrogen-bond acceptors (Lipinski definition) is 4. The van der Waals surface area contributed by atoms with Crippen molar-refractivity contribution in [2.24, 2.45) is 0 Å². The van der Waals surface area contributed by atoms with Crippen molar-refractivity contribution in [3.05, 3.63) is 52.9 Å². The second kappa shape index (κ2) is 4.82. The molecular weight excluding hydrogens is 269 g/mol. The molecule has 0 atom stereocenters. The van der Waals surface area contributed by atoms with Gasteiger partial charge in [-0.05, 0) is 12.1 Å². The molecule has 0 unspecified atom stereocenters. The number of hydrogen-bond donors (Lipinski definition) is 1. The molecule has 7 heteroatoms. The van der Waals surface area contributed by atoms with Crippen molar-refractivity contribution in [3.63, 3.8) is 0 Å². The van der Waals surface area contributed by atoms with Crippen LogP contribution in [0.15, 0.2) is 24.4 Å². The van der Waals surface area contributed by atoms with Crippen LogP contribution >= 0.6 is 0 Å². The van der Waals surface area contributed by atoms with Gasteiger partial charge in [-0.1, -0.05) is 6.07 Å². The Bertz CT molecular complexity index is 626. The van der Waals surface area contributed by atoms with Crippen molar-refractivity contribution < 1.29 is 13.2 Å². The molecule has 20 heavy (non-hydrogen) atoms. The average molecular weight is 280 g/mol. The normalized spacial score (nSPS) is 14.3. The molecule has 0 spiro atoms. The van der Waals surface area contributed by atoms with Gasteiger partial charge < -0.3 is 5.32 Å². The number of aromatic nitrogens is 3. The van der Waals surface area contributed by atoms with E-state index in [1.54, 1.807) is 24.4 Å². The first-order chi connectivity index (χ1) is 9.54. The van der Waals surface area contributed by atoms with E-state index in [-0.39, 0.29) is 24.4 Å². The molecule has 104 valence electrons. The van der Waals surface area contributed by atoms with E-state index in [9.17, 15) is 13.2 Å². The second-order valence-corrected chi connectivity index (χ2v) is 4.51. The van der Waals surface area contributed by atoms with Crippen molar-refractivity contribution >= 4 is 0 Å². The molecule has 0 saturated carbocycles. The van der Waals surface area contributed by atoms with E-state index in [1.165, 1.54) is 0 Å². The molecule has 0 radical (unpaired) electrons. The van der Waals surface area contributed by atoms with Crippen LogP contribution < -0.4 is 5.32 Å². The molecule has 1 aliphatic rings. The Morgan fingerprint density at radius 1 is 1.15 bits per heavy atom. The van der Waals surface area contributed by atoms with Gasteiger partial charge in [0.25, 0.3) is 0 Å².